The second-order valence-corrected chi connectivity index (χ2v) is 6.02. The highest BCUT2D eigenvalue weighted by atomic mass is 32.2. The number of nitrogens with one attached hydrogen (secondary N) is 1. The molecule has 0 radical (unpaired) electrons. The molecule has 1 aromatic rings. The van der Waals surface area contributed by atoms with Crippen LogP contribution >= 0.6 is 24.0 Å². The van der Waals surface area contributed by atoms with Crippen LogP contribution in [0, 0.1) is 0 Å². The van der Waals surface area contributed by atoms with Gasteiger partial charge < -0.3 is 5.32 Å². The first-order chi connectivity index (χ1) is 9.11. The number of hydrogen-bond donors (Lipinski definition) is 1. The van der Waals surface area contributed by atoms with E-state index in [2.05, 4.69) is 43.4 Å². The Morgan fingerprint density at radius 2 is 1.89 bits per heavy atom. The molecule has 0 aliphatic carbocycles. The summed E-state index contributed by atoms with van der Waals surface area (Å²) < 4.78 is 0.594. The first kappa shape index (κ1) is 16.2. The molecule has 104 valence electrons. The maximum Gasteiger partial charge on any atom is 0.239 e. The zero-order chi connectivity index (χ0) is 14.4. The van der Waals surface area contributed by atoms with E-state index in [1.165, 1.54) is 22.9 Å². The Hall–Kier alpha value is -0.870. The van der Waals surface area contributed by atoms with E-state index in [0.29, 0.717) is 4.32 Å². The van der Waals surface area contributed by atoms with Gasteiger partial charge in [-0.1, -0.05) is 75.9 Å². The average molecular weight is 295 g/mol. The smallest absolute Gasteiger partial charge is 0.239 e. The molecule has 1 amide bonds. The van der Waals surface area contributed by atoms with Crippen LogP contribution in [-0.2, 0) is 11.2 Å². The van der Waals surface area contributed by atoms with Crippen LogP contribution in [-0.4, -0.2) is 15.5 Å². The highest BCUT2D eigenvalue weighted by Gasteiger charge is 2.34. The van der Waals surface area contributed by atoms with E-state index in [1.807, 2.05) is 13.8 Å². The quantitative estimate of drug-likeness (QED) is 0.858. The number of carbonyl (C=O) groups excluding carboxylic acids is 1. The molecule has 1 aliphatic rings. The monoisotopic (exact) mass is 295 g/mol. The minimum Gasteiger partial charge on any atom is -0.311 e. The average Bonchev–Trinajstić information content (AvgIpc) is 2.79. The molecule has 1 aliphatic heterocycles. The van der Waals surface area contributed by atoms with Gasteiger partial charge in [-0.05, 0) is 17.5 Å². The van der Waals surface area contributed by atoms with E-state index in [9.17, 15) is 4.79 Å². The molecule has 0 saturated carbocycles. The second-order valence-electron chi connectivity index (χ2n) is 4.20. The molecule has 0 aromatic heterocycles. The summed E-state index contributed by atoms with van der Waals surface area (Å²) in [6.45, 7) is 8.21. The van der Waals surface area contributed by atoms with E-state index in [0.717, 1.165) is 6.42 Å². The Labute approximate surface area is 125 Å². The predicted octanol–water partition coefficient (Wildman–Crippen LogP) is 3.90. The molecule has 4 heteroatoms. The van der Waals surface area contributed by atoms with Crippen LogP contribution in [0.25, 0.3) is 0 Å². The minimum absolute atomic E-state index is 0.0343. The third-order valence-electron chi connectivity index (χ3n) is 3.09. The van der Waals surface area contributed by atoms with E-state index >= 15 is 0 Å². The van der Waals surface area contributed by atoms with Gasteiger partial charge in [0.15, 0.2) is 0 Å². The fraction of sp³-hybridized carbons (Fsp3) is 0.467. The van der Waals surface area contributed by atoms with Crippen molar-refractivity contribution in [3.8, 4) is 0 Å². The first-order valence-electron chi connectivity index (χ1n) is 6.72. The SMILES string of the molecule is CC.CCc1ccc(C(C)C2SC(=S)NC2=O)cc1. The van der Waals surface area contributed by atoms with Crippen LogP contribution in [0.15, 0.2) is 24.3 Å². The Balaban J connectivity index is 0.000000861. The second kappa shape index (κ2) is 7.65. The van der Waals surface area contributed by atoms with Crippen molar-refractivity contribution in [2.45, 2.75) is 45.3 Å². The van der Waals surface area contributed by atoms with Crippen LogP contribution in [0.3, 0.4) is 0 Å². The van der Waals surface area contributed by atoms with Gasteiger partial charge in [0, 0.05) is 5.92 Å². The molecular formula is C15H21NOS2. The normalized spacial score (nSPS) is 19.5. The topological polar surface area (TPSA) is 29.1 Å². The standard InChI is InChI=1S/C13H15NOS2.C2H6/c1-3-9-4-6-10(7-5-9)8(2)11-12(15)14-13(16)17-11;1-2/h4-8,11H,3H2,1-2H3,(H,14,15,16);1-2H3. The van der Waals surface area contributed by atoms with Crippen molar-refractivity contribution in [2.24, 2.45) is 0 Å². The third kappa shape index (κ3) is 4.05. The van der Waals surface area contributed by atoms with Gasteiger partial charge in [0.2, 0.25) is 5.91 Å². The molecule has 1 fully saturated rings. The summed E-state index contributed by atoms with van der Waals surface area (Å²) in [5, 5.41) is 2.61. The lowest BCUT2D eigenvalue weighted by molar-refractivity contribution is -0.119. The van der Waals surface area contributed by atoms with E-state index in [-0.39, 0.29) is 17.1 Å². The van der Waals surface area contributed by atoms with Crippen LogP contribution in [0.1, 0.15) is 44.7 Å². The summed E-state index contributed by atoms with van der Waals surface area (Å²) >= 11 is 6.47. The zero-order valence-corrected chi connectivity index (χ0v) is 13.5. The third-order valence-corrected chi connectivity index (χ3v) is 4.67. The minimum atomic E-state index is -0.0880. The predicted molar refractivity (Wildman–Crippen MR) is 87.7 cm³/mol. The Bertz CT molecular complexity index is 442. The van der Waals surface area contributed by atoms with Gasteiger partial charge in [0.05, 0.1) is 5.25 Å². The molecule has 1 heterocycles. The van der Waals surface area contributed by atoms with Gasteiger partial charge in [-0.15, -0.1) is 0 Å². The van der Waals surface area contributed by atoms with Gasteiger partial charge in [-0.25, -0.2) is 0 Å². The molecule has 1 aromatic carbocycles. The lowest BCUT2D eigenvalue weighted by atomic mass is 9.95. The van der Waals surface area contributed by atoms with Gasteiger partial charge in [-0.2, -0.15) is 0 Å². The van der Waals surface area contributed by atoms with Crippen molar-refractivity contribution in [2.75, 3.05) is 0 Å². The maximum atomic E-state index is 11.7. The summed E-state index contributed by atoms with van der Waals surface area (Å²) in [6, 6.07) is 8.47. The Morgan fingerprint density at radius 3 is 2.32 bits per heavy atom. The number of carbonyl (C=O) groups is 1. The Morgan fingerprint density at radius 1 is 1.32 bits per heavy atom. The number of aryl methyl sites for hydroxylation is 1. The van der Waals surface area contributed by atoms with Crippen LogP contribution in [0.4, 0.5) is 0 Å². The van der Waals surface area contributed by atoms with Gasteiger partial charge in [0.1, 0.15) is 4.32 Å². The van der Waals surface area contributed by atoms with Gasteiger partial charge >= 0.3 is 0 Å². The molecule has 2 atom stereocenters. The van der Waals surface area contributed by atoms with Crippen molar-refractivity contribution < 1.29 is 4.79 Å². The van der Waals surface area contributed by atoms with Crippen LogP contribution in [0.2, 0.25) is 0 Å². The van der Waals surface area contributed by atoms with Crippen molar-refractivity contribution in [1.29, 1.82) is 0 Å². The van der Waals surface area contributed by atoms with Crippen molar-refractivity contribution in [1.82, 2.24) is 5.32 Å². The fourth-order valence-corrected chi connectivity index (χ4v) is 3.26. The molecule has 2 nitrogen and oxygen atoms in total. The van der Waals surface area contributed by atoms with E-state index in [1.54, 1.807) is 0 Å². The van der Waals surface area contributed by atoms with E-state index in [4.69, 9.17) is 12.2 Å². The summed E-state index contributed by atoms with van der Waals surface area (Å²) in [4.78, 5) is 11.7. The lowest BCUT2D eigenvalue weighted by Gasteiger charge is -2.16. The summed E-state index contributed by atoms with van der Waals surface area (Å²) in [7, 11) is 0. The van der Waals surface area contributed by atoms with Gasteiger partial charge in [0.25, 0.3) is 0 Å². The summed E-state index contributed by atoms with van der Waals surface area (Å²) in [6.07, 6.45) is 1.04. The lowest BCUT2D eigenvalue weighted by Crippen LogP contribution is -2.27. The molecule has 1 N–H and O–H groups in total. The number of thioether (sulfide) groups is 1. The Kier molecular flexibility index (Phi) is 6.52. The first-order valence-corrected chi connectivity index (χ1v) is 8.01. The molecule has 0 bridgehead atoms. The highest BCUT2D eigenvalue weighted by molar-refractivity contribution is 8.24. The molecule has 19 heavy (non-hydrogen) atoms. The number of amides is 1. The van der Waals surface area contributed by atoms with Crippen molar-refractivity contribution in [3.63, 3.8) is 0 Å². The highest BCUT2D eigenvalue weighted by Crippen LogP contribution is 2.32. The van der Waals surface area contributed by atoms with Crippen LogP contribution < -0.4 is 5.32 Å². The largest absolute Gasteiger partial charge is 0.311 e. The van der Waals surface area contributed by atoms with Crippen molar-refractivity contribution in [3.05, 3.63) is 35.4 Å². The van der Waals surface area contributed by atoms with Crippen LogP contribution in [0.5, 0.6) is 0 Å². The van der Waals surface area contributed by atoms with E-state index < -0.39 is 0 Å². The molecule has 1 saturated heterocycles. The number of thiocarbonyl (C=S) groups is 1. The maximum absolute atomic E-state index is 11.7. The number of benzene rings is 1. The van der Waals surface area contributed by atoms with Gasteiger partial charge in [-0.3, -0.25) is 4.79 Å². The number of hydrogen-bond acceptors (Lipinski definition) is 3. The summed E-state index contributed by atoms with van der Waals surface area (Å²) in [5.41, 5.74) is 2.51. The zero-order valence-electron chi connectivity index (χ0n) is 11.9. The summed E-state index contributed by atoms with van der Waals surface area (Å²) in [5.74, 6) is 0.221. The molecule has 2 unspecified atom stereocenters. The molecule has 0 spiro atoms. The molecule has 2 rings (SSSR count). The number of rotatable bonds is 3. The fourth-order valence-electron chi connectivity index (χ4n) is 1.93. The molecular weight excluding hydrogens is 274 g/mol. The van der Waals surface area contributed by atoms with Crippen molar-refractivity contribution >= 4 is 34.2 Å².